The summed E-state index contributed by atoms with van der Waals surface area (Å²) in [6.45, 7) is 3.90. The zero-order chi connectivity index (χ0) is 13.9. The van der Waals surface area contributed by atoms with Crippen molar-refractivity contribution >= 4 is 11.7 Å². The van der Waals surface area contributed by atoms with Crippen molar-refractivity contribution in [1.29, 1.82) is 0 Å². The molecular weight excluding hydrogens is 252 g/mol. The first-order valence-electron chi connectivity index (χ1n) is 7.55. The second kappa shape index (κ2) is 5.77. The molecule has 1 aromatic heterocycles. The largest absolute Gasteiger partial charge is 0.355 e. The van der Waals surface area contributed by atoms with Crippen LogP contribution in [0.5, 0.6) is 0 Å². The van der Waals surface area contributed by atoms with Crippen LogP contribution >= 0.6 is 0 Å². The Morgan fingerprint density at radius 2 is 2.05 bits per heavy atom. The molecule has 3 rings (SSSR count). The zero-order valence-electron chi connectivity index (χ0n) is 12.0. The van der Waals surface area contributed by atoms with E-state index in [1.165, 1.54) is 12.8 Å². The molecule has 0 radical (unpaired) electrons. The first-order valence-corrected chi connectivity index (χ1v) is 7.55. The fraction of sp³-hybridized carbons (Fsp3) is 0.667. The van der Waals surface area contributed by atoms with E-state index in [2.05, 4.69) is 27.1 Å². The van der Waals surface area contributed by atoms with Gasteiger partial charge in [-0.3, -0.25) is 9.78 Å². The van der Waals surface area contributed by atoms with Crippen molar-refractivity contribution in [2.75, 3.05) is 18.0 Å². The van der Waals surface area contributed by atoms with Crippen LogP contribution in [0.2, 0.25) is 0 Å². The van der Waals surface area contributed by atoms with Crippen molar-refractivity contribution in [3.05, 3.63) is 18.6 Å². The van der Waals surface area contributed by atoms with E-state index in [-0.39, 0.29) is 11.8 Å². The molecule has 1 aliphatic carbocycles. The van der Waals surface area contributed by atoms with Gasteiger partial charge in [0, 0.05) is 37.4 Å². The molecule has 1 aromatic rings. The Balaban J connectivity index is 1.49. The molecule has 108 valence electrons. The second-order valence-electron chi connectivity index (χ2n) is 5.96. The van der Waals surface area contributed by atoms with Crippen molar-refractivity contribution in [2.45, 2.75) is 38.6 Å². The van der Waals surface area contributed by atoms with E-state index in [1.54, 1.807) is 18.6 Å². The summed E-state index contributed by atoms with van der Waals surface area (Å²) >= 11 is 0. The summed E-state index contributed by atoms with van der Waals surface area (Å²) in [5.41, 5.74) is 0. The van der Waals surface area contributed by atoms with Crippen LogP contribution in [0.3, 0.4) is 0 Å². The Bertz CT molecular complexity index is 452. The van der Waals surface area contributed by atoms with E-state index in [0.717, 1.165) is 37.7 Å². The SMILES string of the molecule is CC(NC(=O)C1CCN(c2cnccn2)CC1)C1CC1. The number of hydrogen-bond acceptors (Lipinski definition) is 4. The zero-order valence-corrected chi connectivity index (χ0v) is 12.0. The Labute approximate surface area is 119 Å². The van der Waals surface area contributed by atoms with Gasteiger partial charge in [0.25, 0.3) is 0 Å². The van der Waals surface area contributed by atoms with Gasteiger partial charge in [0.15, 0.2) is 0 Å². The normalized spacial score (nSPS) is 21.6. The van der Waals surface area contributed by atoms with Gasteiger partial charge in [-0.05, 0) is 38.5 Å². The van der Waals surface area contributed by atoms with Gasteiger partial charge in [0.2, 0.25) is 5.91 Å². The summed E-state index contributed by atoms with van der Waals surface area (Å²) < 4.78 is 0. The maximum atomic E-state index is 12.2. The van der Waals surface area contributed by atoms with E-state index in [0.29, 0.717) is 6.04 Å². The first-order chi connectivity index (χ1) is 9.74. The van der Waals surface area contributed by atoms with E-state index in [1.807, 2.05) is 0 Å². The predicted octanol–water partition coefficient (Wildman–Crippen LogP) is 1.61. The van der Waals surface area contributed by atoms with Gasteiger partial charge in [0.1, 0.15) is 5.82 Å². The molecule has 1 saturated heterocycles. The van der Waals surface area contributed by atoms with Crippen molar-refractivity contribution in [1.82, 2.24) is 15.3 Å². The smallest absolute Gasteiger partial charge is 0.223 e. The number of rotatable bonds is 4. The van der Waals surface area contributed by atoms with Crippen LogP contribution in [-0.2, 0) is 4.79 Å². The molecule has 1 saturated carbocycles. The number of nitrogens with zero attached hydrogens (tertiary/aromatic N) is 3. The number of carbonyl (C=O) groups is 1. The van der Waals surface area contributed by atoms with Gasteiger partial charge in [-0.2, -0.15) is 0 Å². The molecule has 20 heavy (non-hydrogen) atoms. The maximum Gasteiger partial charge on any atom is 0.223 e. The van der Waals surface area contributed by atoms with E-state index >= 15 is 0 Å². The molecule has 1 aliphatic heterocycles. The summed E-state index contributed by atoms with van der Waals surface area (Å²) in [4.78, 5) is 22.8. The number of nitrogens with one attached hydrogen (secondary N) is 1. The van der Waals surface area contributed by atoms with Crippen LogP contribution < -0.4 is 10.2 Å². The van der Waals surface area contributed by atoms with Crippen molar-refractivity contribution < 1.29 is 4.79 Å². The molecule has 0 spiro atoms. The number of carbonyl (C=O) groups excluding carboxylic acids is 1. The predicted molar refractivity (Wildman–Crippen MR) is 77.3 cm³/mol. The number of amides is 1. The van der Waals surface area contributed by atoms with Crippen LogP contribution in [-0.4, -0.2) is 35.0 Å². The lowest BCUT2D eigenvalue weighted by atomic mass is 9.95. The molecule has 0 aromatic carbocycles. The van der Waals surface area contributed by atoms with Gasteiger partial charge < -0.3 is 10.2 Å². The molecule has 0 bridgehead atoms. The number of piperidine rings is 1. The Hall–Kier alpha value is -1.65. The molecule has 2 aliphatic rings. The third kappa shape index (κ3) is 3.08. The van der Waals surface area contributed by atoms with Gasteiger partial charge in [-0.15, -0.1) is 0 Å². The Morgan fingerprint density at radius 3 is 2.65 bits per heavy atom. The topological polar surface area (TPSA) is 58.1 Å². The standard InChI is InChI=1S/C15H22N4O/c1-11(12-2-3-12)18-15(20)13-4-8-19(9-5-13)14-10-16-6-7-17-14/h6-7,10-13H,2-5,8-9H2,1H3,(H,18,20). The molecular formula is C15H22N4O. The van der Waals surface area contributed by atoms with Crippen LogP contribution in [0, 0.1) is 11.8 Å². The summed E-state index contributed by atoms with van der Waals surface area (Å²) in [6, 6.07) is 0.348. The molecule has 5 heteroatoms. The Kier molecular flexibility index (Phi) is 3.85. The molecule has 1 N–H and O–H groups in total. The van der Waals surface area contributed by atoms with Crippen LogP contribution in [0.15, 0.2) is 18.6 Å². The fourth-order valence-electron chi connectivity index (χ4n) is 2.88. The highest BCUT2D eigenvalue weighted by atomic mass is 16.1. The quantitative estimate of drug-likeness (QED) is 0.906. The molecule has 1 unspecified atom stereocenters. The van der Waals surface area contributed by atoms with Crippen molar-refractivity contribution in [3.8, 4) is 0 Å². The third-order valence-corrected chi connectivity index (χ3v) is 4.44. The highest BCUT2D eigenvalue weighted by molar-refractivity contribution is 5.79. The van der Waals surface area contributed by atoms with Gasteiger partial charge in [-0.25, -0.2) is 4.98 Å². The summed E-state index contributed by atoms with van der Waals surface area (Å²) in [5, 5.41) is 3.18. The monoisotopic (exact) mass is 274 g/mol. The van der Waals surface area contributed by atoms with E-state index in [9.17, 15) is 4.79 Å². The number of anilines is 1. The highest BCUT2D eigenvalue weighted by Gasteiger charge is 2.32. The first kappa shape index (κ1) is 13.3. The van der Waals surface area contributed by atoms with Gasteiger partial charge >= 0.3 is 0 Å². The molecule has 5 nitrogen and oxygen atoms in total. The average Bonchev–Trinajstić information content (AvgIpc) is 3.33. The molecule has 1 atom stereocenters. The minimum absolute atomic E-state index is 0.157. The fourth-order valence-corrected chi connectivity index (χ4v) is 2.88. The van der Waals surface area contributed by atoms with Crippen molar-refractivity contribution in [3.63, 3.8) is 0 Å². The highest BCUT2D eigenvalue weighted by Crippen LogP contribution is 2.32. The van der Waals surface area contributed by atoms with E-state index < -0.39 is 0 Å². The molecule has 2 fully saturated rings. The summed E-state index contributed by atoms with van der Waals surface area (Å²) in [6.07, 6.45) is 9.53. The van der Waals surface area contributed by atoms with Gasteiger partial charge in [-0.1, -0.05) is 0 Å². The van der Waals surface area contributed by atoms with Crippen LogP contribution in [0.1, 0.15) is 32.6 Å². The minimum Gasteiger partial charge on any atom is -0.355 e. The number of aromatic nitrogens is 2. The maximum absolute atomic E-state index is 12.2. The van der Waals surface area contributed by atoms with E-state index in [4.69, 9.17) is 0 Å². The van der Waals surface area contributed by atoms with Gasteiger partial charge in [0.05, 0.1) is 6.20 Å². The van der Waals surface area contributed by atoms with Crippen LogP contribution in [0.25, 0.3) is 0 Å². The average molecular weight is 274 g/mol. The lowest BCUT2D eigenvalue weighted by Crippen LogP contribution is -2.43. The minimum atomic E-state index is 0.157. The lowest BCUT2D eigenvalue weighted by Gasteiger charge is -2.32. The third-order valence-electron chi connectivity index (χ3n) is 4.44. The molecule has 2 heterocycles. The summed E-state index contributed by atoms with van der Waals surface area (Å²) in [5.74, 6) is 2.03. The molecule has 1 amide bonds. The van der Waals surface area contributed by atoms with Crippen LogP contribution in [0.4, 0.5) is 5.82 Å². The second-order valence-corrected chi connectivity index (χ2v) is 5.96. The lowest BCUT2D eigenvalue weighted by molar-refractivity contribution is -0.126. The number of hydrogen-bond donors (Lipinski definition) is 1. The summed E-state index contributed by atoms with van der Waals surface area (Å²) in [7, 11) is 0. The van der Waals surface area contributed by atoms with Crippen molar-refractivity contribution in [2.24, 2.45) is 11.8 Å². The Morgan fingerprint density at radius 1 is 1.30 bits per heavy atom.